The molecule has 6 aromatic rings. The molecule has 4 aromatic carbocycles. The van der Waals surface area contributed by atoms with E-state index in [1.165, 1.54) is 5.56 Å². The fourth-order valence-corrected chi connectivity index (χ4v) is 4.87. The summed E-state index contributed by atoms with van der Waals surface area (Å²) >= 11 is 0. The molecule has 1 N–H and O–H groups in total. The summed E-state index contributed by atoms with van der Waals surface area (Å²) in [6.07, 6.45) is 0.919. The maximum Gasteiger partial charge on any atom is 0.164 e. The summed E-state index contributed by atoms with van der Waals surface area (Å²) in [6, 6.07) is 37.4. The first-order valence-electron chi connectivity index (χ1n) is 12.5. The van der Waals surface area contributed by atoms with Crippen molar-refractivity contribution in [2.24, 2.45) is 0 Å². The van der Waals surface area contributed by atoms with Crippen LogP contribution < -0.4 is 0 Å². The normalized spacial score (nSPS) is 10.9. The van der Waals surface area contributed by atoms with Crippen LogP contribution in [0.5, 0.6) is 5.75 Å². The second-order valence-electron chi connectivity index (χ2n) is 9.05. The van der Waals surface area contributed by atoms with Gasteiger partial charge in [-0.25, -0.2) is 9.67 Å². The highest BCUT2D eigenvalue weighted by atomic mass is 16.3. The van der Waals surface area contributed by atoms with Crippen molar-refractivity contribution in [2.75, 3.05) is 0 Å². The van der Waals surface area contributed by atoms with E-state index in [0.717, 1.165) is 23.2 Å². The van der Waals surface area contributed by atoms with E-state index < -0.39 is 0 Å². The predicted octanol–water partition coefficient (Wildman–Crippen LogP) is 7.56. The zero-order chi connectivity index (χ0) is 26.1. The Morgan fingerprint density at radius 2 is 1.39 bits per heavy atom. The molecule has 5 heteroatoms. The van der Waals surface area contributed by atoms with Crippen LogP contribution >= 0.6 is 0 Å². The number of hydrogen-bond acceptors (Lipinski definition) is 4. The van der Waals surface area contributed by atoms with Gasteiger partial charge in [-0.3, -0.25) is 0 Å². The number of fused-ring (bicyclic) bond motifs is 1. The van der Waals surface area contributed by atoms with E-state index in [4.69, 9.17) is 10.1 Å². The molecule has 182 valence electrons. The van der Waals surface area contributed by atoms with Gasteiger partial charge in [0.2, 0.25) is 0 Å². The number of para-hydroxylation sites is 2. The maximum absolute atomic E-state index is 11.0. The molecule has 6 rings (SSSR count). The molecule has 0 bridgehead atoms. The summed E-state index contributed by atoms with van der Waals surface area (Å²) in [5, 5.41) is 27.3. The molecule has 0 aliphatic rings. The van der Waals surface area contributed by atoms with Crippen LogP contribution in [0.3, 0.4) is 0 Å². The van der Waals surface area contributed by atoms with E-state index in [-0.39, 0.29) is 5.75 Å². The highest BCUT2D eigenvalue weighted by Crippen LogP contribution is 2.44. The number of phenolic OH excluding ortho intramolecular Hbond substituents is 1. The molecule has 0 aliphatic heterocycles. The van der Waals surface area contributed by atoms with Crippen molar-refractivity contribution in [2.45, 2.75) is 13.3 Å². The lowest BCUT2D eigenvalue weighted by Gasteiger charge is -2.14. The first-order chi connectivity index (χ1) is 18.7. The van der Waals surface area contributed by atoms with Crippen molar-refractivity contribution in [3.05, 3.63) is 120 Å². The van der Waals surface area contributed by atoms with Crippen LogP contribution in [-0.2, 0) is 6.42 Å². The highest BCUT2D eigenvalue weighted by Gasteiger charge is 2.26. The van der Waals surface area contributed by atoms with E-state index in [9.17, 15) is 10.4 Å². The zero-order valence-electron chi connectivity index (χ0n) is 20.8. The molecule has 2 aromatic heterocycles. The van der Waals surface area contributed by atoms with Crippen molar-refractivity contribution < 1.29 is 5.11 Å². The fourth-order valence-electron chi connectivity index (χ4n) is 4.87. The Bertz CT molecular complexity index is 1800. The zero-order valence-corrected chi connectivity index (χ0v) is 20.8. The number of hydrogen-bond donors (Lipinski definition) is 1. The SMILES string of the molecule is CCc1ccc(-c2nc3c(c(-c4ccccc4)nn3-c3ccccc3)c(-c3ccccc3O)c2C#N)cc1. The lowest BCUT2D eigenvalue weighted by molar-refractivity contribution is 0.477. The van der Waals surface area contributed by atoms with Gasteiger partial charge >= 0.3 is 0 Å². The Morgan fingerprint density at radius 3 is 2.05 bits per heavy atom. The first-order valence-corrected chi connectivity index (χ1v) is 12.5. The predicted molar refractivity (Wildman–Crippen MR) is 151 cm³/mol. The molecule has 0 saturated carbocycles. The van der Waals surface area contributed by atoms with Crippen molar-refractivity contribution in [1.29, 1.82) is 5.26 Å². The maximum atomic E-state index is 11.0. The van der Waals surface area contributed by atoms with E-state index >= 15 is 0 Å². The quantitative estimate of drug-likeness (QED) is 0.269. The van der Waals surface area contributed by atoms with E-state index in [1.807, 2.05) is 89.6 Å². The third-order valence-electron chi connectivity index (χ3n) is 6.78. The third kappa shape index (κ3) is 3.89. The number of rotatable bonds is 5. The van der Waals surface area contributed by atoms with Gasteiger partial charge in [0.1, 0.15) is 17.5 Å². The molecule has 0 aliphatic carbocycles. The lowest BCUT2D eigenvalue weighted by Crippen LogP contribution is -2.01. The average molecular weight is 493 g/mol. The summed E-state index contributed by atoms with van der Waals surface area (Å²) in [4.78, 5) is 5.11. The highest BCUT2D eigenvalue weighted by molar-refractivity contribution is 6.08. The van der Waals surface area contributed by atoms with Crippen LogP contribution in [0, 0.1) is 11.3 Å². The van der Waals surface area contributed by atoms with Gasteiger partial charge in [0.15, 0.2) is 5.65 Å². The van der Waals surface area contributed by atoms with Crippen molar-refractivity contribution >= 4 is 11.0 Å². The number of phenols is 1. The summed E-state index contributed by atoms with van der Waals surface area (Å²) in [7, 11) is 0. The number of aromatic nitrogens is 3. The summed E-state index contributed by atoms with van der Waals surface area (Å²) < 4.78 is 1.83. The first kappa shape index (κ1) is 23.2. The van der Waals surface area contributed by atoms with Crippen molar-refractivity contribution in [3.63, 3.8) is 0 Å². The molecule has 5 nitrogen and oxygen atoms in total. The molecule has 0 spiro atoms. The minimum atomic E-state index is 0.0928. The van der Waals surface area contributed by atoms with Gasteiger partial charge in [0.05, 0.1) is 22.3 Å². The number of aromatic hydroxyl groups is 1. The van der Waals surface area contributed by atoms with Crippen LogP contribution in [0.25, 0.3) is 50.4 Å². The minimum absolute atomic E-state index is 0.0928. The van der Waals surface area contributed by atoms with Gasteiger partial charge in [0.25, 0.3) is 0 Å². The van der Waals surface area contributed by atoms with Gasteiger partial charge < -0.3 is 5.11 Å². The van der Waals surface area contributed by atoms with Gasteiger partial charge in [-0.15, -0.1) is 0 Å². The Hall–Kier alpha value is -5.21. The second kappa shape index (κ2) is 9.68. The van der Waals surface area contributed by atoms with Crippen molar-refractivity contribution in [3.8, 4) is 51.1 Å². The molecule has 38 heavy (non-hydrogen) atoms. The largest absolute Gasteiger partial charge is 0.507 e. The molecule has 0 unspecified atom stereocenters. The van der Waals surface area contributed by atoms with E-state index in [1.54, 1.807) is 12.1 Å². The monoisotopic (exact) mass is 492 g/mol. The summed E-state index contributed by atoms with van der Waals surface area (Å²) in [6.45, 7) is 2.11. The number of nitrogens with zero attached hydrogens (tertiary/aromatic N) is 4. The number of benzene rings is 4. The molecule has 0 radical (unpaired) electrons. The lowest BCUT2D eigenvalue weighted by atomic mass is 9.91. The van der Waals surface area contributed by atoms with Gasteiger partial charge in [0, 0.05) is 22.3 Å². The summed E-state index contributed by atoms with van der Waals surface area (Å²) in [5.74, 6) is 0.0928. The van der Waals surface area contributed by atoms with Gasteiger partial charge in [-0.2, -0.15) is 10.4 Å². The minimum Gasteiger partial charge on any atom is -0.507 e. The Labute approximate surface area is 220 Å². The number of nitriles is 1. The number of pyridine rings is 1. The molecule has 0 atom stereocenters. The fraction of sp³-hybridized carbons (Fsp3) is 0.0606. The van der Waals surface area contributed by atoms with Crippen LogP contribution in [0.1, 0.15) is 18.1 Å². The molecule has 0 saturated heterocycles. The van der Waals surface area contributed by atoms with Gasteiger partial charge in [-0.05, 0) is 30.2 Å². The molecular weight excluding hydrogens is 468 g/mol. The molecular formula is C33H24N4O. The average Bonchev–Trinajstić information content (AvgIpc) is 3.37. The number of aryl methyl sites for hydroxylation is 1. The van der Waals surface area contributed by atoms with Crippen LogP contribution in [-0.4, -0.2) is 19.9 Å². The smallest absolute Gasteiger partial charge is 0.164 e. The molecule has 0 amide bonds. The van der Waals surface area contributed by atoms with Crippen molar-refractivity contribution in [1.82, 2.24) is 14.8 Å². The molecule has 0 fully saturated rings. The Balaban J connectivity index is 1.81. The van der Waals surface area contributed by atoms with Gasteiger partial charge in [-0.1, -0.05) is 97.9 Å². The van der Waals surface area contributed by atoms with Crippen LogP contribution in [0.4, 0.5) is 0 Å². The van der Waals surface area contributed by atoms with Crippen LogP contribution in [0.15, 0.2) is 109 Å². The third-order valence-corrected chi connectivity index (χ3v) is 6.78. The Kier molecular flexibility index (Phi) is 5.91. The summed E-state index contributed by atoms with van der Waals surface area (Å²) in [5.41, 5.74) is 7.22. The van der Waals surface area contributed by atoms with E-state index in [0.29, 0.717) is 39.1 Å². The van der Waals surface area contributed by atoms with E-state index in [2.05, 4.69) is 25.1 Å². The molecule has 2 heterocycles. The van der Waals surface area contributed by atoms with Crippen LogP contribution in [0.2, 0.25) is 0 Å². The topological polar surface area (TPSA) is 74.7 Å². The standard InChI is InChI=1S/C33H24N4O/c1-2-22-17-19-24(20-18-22)31-27(21-34)29(26-15-9-10-16-28(26)38)30-32(23-11-5-3-6-12-23)36-37(33(30)35-31)25-13-7-4-8-14-25/h3-20,38H,2H2,1H3. The second-order valence-corrected chi connectivity index (χ2v) is 9.05. The Morgan fingerprint density at radius 1 is 0.763 bits per heavy atom.